The molecule has 0 aromatic carbocycles. The molecule has 2 heterocycles. The normalized spacial score (nSPS) is 44.9. The summed E-state index contributed by atoms with van der Waals surface area (Å²) in [6, 6.07) is -5.70. The molecule has 19 heteroatoms. The van der Waals surface area contributed by atoms with Crippen molar-refractivity contribution in [3.05, 3.63) is 0 Å². The molecule has 0 aromatic rings. The number of hydrogen-bond acceptors (Lipinski definition) is 19. The number of aliphatic hydroxyl groups is 9. The van der Waals surface area contributed by atoms with Gasteiger partial charge in [-0.25, -0.2) is 0 Å². The van der Waals surface area contributed by atoms with Crippen molar-refractivity contribution in [3.8, 4) is 0 Å². The van der Waals surface area contributed by atoms with Crippen LogP contribution in [-0.2, 0) is 18.9 Å². The third-order valence-electron chi connectivity index (χ3n) is 8.16. The van der Waals surface area contributed by atoms with Crippen molar-refractivity contribution in [2.75, 3.05) is 39.5 Å². The van der Waals surface area contributed by atoms with Crippen molar-refractivity contribution >= 4 is 0 Å². The summed E-state index contributed by atoms with van der Waals surface area (Å²) in [6.45, 7) is -1.66. The molecule has 1 saturated carbocycles. The molecule has 254 valence electrons. The Morgan fingerprint density at radius 3 is 1.95 bits per heavy atom. The Morgan fingerprint density at radius 2 is 1.35 bits per heavy atom. The third kappa shape index (κ3) is 8.74. The van der Waals surface area contributed by atoms with Crippen LogP contribution in [0, 0.1) is 0 Å². The summed E-state index contributed by atoms with van der Waals surface area (Å²) in [5.41, 5.74) is 24.1. The SMILES string of the molecule is NC(CO)CNC[C@H]1O[C@H](OC2[C@@H](N)C[C@@H](NC(CO)CO)[C@H](O[C@H]3O[C@H](CO)[C@@H](O)[C@H](N)[C@H]3O)[C@H]2O)[C@H](N)[C@@H](O)[C@@H]1O. The molecule has 0 spiro atoms. The second kappa shape index (κ2) is 16.7. The maximum absolute atomic E-state index is 11.5. The van der Waals surface area contributed by atoms with Gasteiger partial charge in [0.15, 0.2) is 12.6 Å². The van der Waals surface area contributed by atoms with Gasteiger partial charge in [0, 0.05) is 31.2 Å². The summed E-state index contributed by atoms with van der Waals surface area (Å²) in [7, 11) is 0. The maximum Gasteiger partial charge on any atom is 0.186 e. The monoisotopic (exact) mass is 630 g/mol. The van der Waals surface area contributed by atoms with E-state index in [-0.39, 0.29) is 26.1 Å². The Hall–Kier alpha value is -0.760. The Bertz CT molecular complexity index is 822. The van der Waals surface area contributed by atoms with E-state index in [1.165, 1.54) is 0 Å². The maximum atomic E-state index is 11.5. The van der Waals surface area contributed by atoms with Crippen LogP contribution >= 0.6 is 0 Å². The van der Waals surface area contributed by atoms with Gasteiger partial charge in [-0.05, 0) is 6.42 Å². The lowest BCUT2D eigenvalue weighted by atomic mass is 9.83. The molecule has 2 aliphatic heterocycles. The molecular weight excluding hydrogens is 580 g/mol. The van der Waals surface area contributed by atoms with Gasteiger partial charge in [0.1, 0.15) is 54.9 Å². The van der Waals surface area contributed by atoms with Gasteiger partial charge in [-0.1, -0.05) is 0 Å². The van der Waals surface area contributed by atoms with Crippen LogP contribution in [0.1, 0.15) is 6.42 Å². The molecule has 0 bridgehead atoms. The first-order valence-corrected chi connectivity index (χ1v) is 14.3. The molecule has 0 radical (unpaired) electrons. The average Bonchev–Trinajstić information content (AvgIpc) is 3.00. The van der Waals surface area contributed by atoms with Crippen molar-refractivity contribution in [1.29, 1.82) is 0 Å². The molecule has 2 saturated heterocycles. The van der Waals surface area contributed by atoms with Crippen molar-refractivity contribution in [2.45, 2.75) is 110 Å². The van der Waals surface area contributed by atoms with Gasteiger partial charge in [0.25, 0.3) is 0 Å². The molecule has 1 aliphatic carbocycles. The standard InChI is InChI=1S/C24H50N6O13/c25-8(4-31)2-29-3-12-17(36)18(37)15(28)23(40-12)42-21-10(26)1-11(30-9(5-32)6-33)22(20(21)39)43-24-19(38)14(27)16(35)13(7-34)41-24/h8-24,29-39H,1-7,25-28H2/t8?,10-,11+,12+,13+,14-,15+,16+,17+,18+,19+,20-,21?,22-,23+,24+/m0/s1. The summed E-state index contributed by atoms with van der Waals surface area (Å²) in [4.78, 5) is 0. The fourth-order valence-corrected chi connectivity index (χ4v) is 5.48. The fourth-order valence-electron chi connectivity index (χ4n) is 5.48. The van der Waals surface area contributed by atoms with Crippen molar-refractivity contribution in [2.24, 2.45) is 22.9 Å². The molecule has 3 fully saturated rings. The quantitative estimate of drug-likeness (QED) is 0.0846. The van der Waals surface area contributed by atoms with Crippen LogP contribution in [0.5, 0.6) is 0 Å². The Balaban J connectivity index is 1.80. The second-order valence-electron chi connectivity index (χ2n) is 11.4. The number of hydrogen-bond donors (Lipinski definition) is 15. The zero-order valence-electron chi connectivity index (χ0n) is 23.7. The van der Waals surface area contributed by atoms with Crippen LogP contribution in [0.15, 0.2) is 0 Å². The average molecular weight is 631 g/mol. The lowest BCUT2D eigenvalue weighted by Crippen LogP contribution is -2.70. The van der Waals surface area contributed by atoms with Crippen LogP contribution in [0.3, 0.4) is 0 Å². The van der Waals surface area contributed by atoms with Crippen molar-refractivity contribution in [3.63, 3.8) is 0 Å². The largest absolute Gasteiger partial charge is 0.395 e. The Kier molecular flexibility index (Phi) is 14.3. The summed E-state index contributed by atoms with van der Waals surface area (Å²) in [6.07, 6.45) is -15.1. The Morgan fingerprint density at radius 1 is 0.721 bits per heavy atom. The van der Waals surface area contributed by atoms with E-state index in [2.05, 4.69) is 10.6 Å². The van der Waals surface area contributed by atoms with E-state index in [9.17, 15) is 40.9 Å². The predicted octanol–water partition coefficient (Wildman–Crippen LogP) is -9.39. The van der Waals surface area contributed by atoms with Crippen LogP contribution in [0.4, 0.5) is 0 Å². The topological polar surface area (TPSA) is 347 Å². The predicted molar refractivity (Wildman–Crippen MR) is 146 cm³/mol. The van der Waals surface area contributed by atoms with E-state index in [4.69, 9.17) is 47.0 Å². The summed E-state index contributed by atoms with van der Waals surface area (Å²) < 4.78 is 23.3. The highest BCUT2D eigenvalue weighted by Gasteiger charge is 2.52. The van der Waals surface area contributed by atoms with Gasteiger partial charge in [-0.15, -0.1) is 0 Å². The zero-order chi connectivity index (χ0) is 32.0. The smallest absolute Gasteiger partial charge is 0.186 e. The first-order valence-electron chi connectivity index (χ1n) is 14.3. The number of nitrogens with one attached hydrogen (secondary N) is 2. The number of nitrogens with two attached hydrogens (primary N) is 4. The van der Waals surface area contributed by atoms with Crippen molar-refractivity contribution in [1.82, 2.24) is 10.6 Å². The molecule has 2 unspecified atom stereocenters. The molecule has 0 aromatic heterocycles. The molecule has 3 aliphatic rings. The summed E-state index contributed by atoms with van der Waals surface area (Å²) in [5.74, 6) is 0. The zero-order valence-corrected chi connectivity index (χ0v) is 23.7. The van der Waals surface area contributed by atoms with Crippen LogP contribution < -0.4 is 33.6 Å². The van der Waals surface area contributed by atoms with Crippen LogP contribution in [-0.4, -0.2) is 189 Å². The number of aliphatic hydroxyl groups excluding tert-OH is 9. The minimum Gasteiger partial charge on any atom is -0.395 e. The van der Waals surface area contributed by atoms with E-state index in [1.807, 2.05) is 0 Å². The highest BCUT2D eigenvalue weighted by atomic mass is 16.7. The lowest BCUT2D eigenvalue weighted by Gasteiger charge is -2.49. The van der Waals surface area contributed by atoms with E-state index in [1.54, 1.807) is 0 Å². The summed E-state index contributed by atoms with van der Waals surface area (Å²) in [5, 5.41) is 97.3. The first-order chi connectivity index (χ1) is 20.4. The van der Waals surface area contributed by atoms with Gasteiger partial charge in [-0.3, -0.25) is 0 Å². The third-order valence-corrected chi connectivity index (χ3v) is 8.16. The lowest BCUT2D eigenvalue weighted by molar-refractivity contribution is -0.320. The van der Waals surface area contributed by atoms with Crippen LogP contribution in [0.2, 0.25) is 0 Å². The fraction of sp³-hybridized carbons (Fsp3) is 1.00. The van der Waals surface area contributed by atoms with Gasteiger partial charge in [0.05, 0.1) is 44.6 Å². The van der Waals surface area contributed by atoms with Crippen LogP contribution in [0.25, 0.3) is 0 Å². The molecule has 0 amide bonds. The highest BCUT2D eigenvalue weighted by Crippen LogP contribution is 2.32. The highest BCUT2D eigenvalue weighted by molar-refractivity contribution is 5.03. The first kappa shape index (κ1) is 36.7. The number of rotatable bonds is 14. The van der Waals surface area contributed by atoms with Gasteiger partial charge in [0.2, 0.25) is 0 Å². The Labute approximate surface area is 248 Å². The minimum absolute atomic E-state index is 0.00819. The number of ether oxygens (including phenoxy) is 4. The van der Waals surface area contributed by atoms with E-state index in [0.717, 1.165) is 0 Å². The van der Waals surface area contributed by atoms with E-state index in [0.29, 0.717) is 0 Å². The van der Waals surface area contributed by atoms with Crippen molar-refractivity contribution < 1.29 is 64.9 Å². The molecule has 19 N–H and O–H groups in total. The van der Waals surface area contributed by atoms with Gasteiger partial charge >= 0.3 is 0 Å². The molecule has 43 heavy (non-hydrogen) atoms. The van der Waals surface area contributed by atoms with E-state index < -0.39 is 124 Å². The minimum atomic E-state index is -1.59. The molecule has 19 nitrogen and oxygen atoms in total. The second-order valence-corrected chi connectivity index (χ2v) is 11.4. The van der Waals surface area contributed by atoms with Gasteiger partial charge in [-0.2, -0.15) is 0 Å². The van der Waals surface area contributed by atoms with Gasteiger partial charge < -0.3 is 98.5 Å². The van der Waals surface area contributed by atoms with E-state index >= 15 is 0 Å². The molecule has 16 atom stereocenters. The summed E-state index contributed by atoms with van der Waals surface area (Å²) >= 11 is 0. The molecular formula is C24H50N6O13. The molecule has 3 rings (SSSR count).